The van der Waals surface area contributed by atoms with Crippen LogP contribution in [0.2, 0.25) is 0 Å². The number of nitrogens with zero attached hydrogens (tertiary/aromatic N) is 1. The molecule has 0 aliphatic carbocycles. The molecule has 2 heterocycles. The van der Waals surface area contributed by atoms with E-state index in [9.17, 15) is 0 Å². The fourth-order valence-electron chi connectivity index (χ4n) is 1.95. The molecule has 0 N–H and O–H groups in total. The number of aryl methyl sites for hydroxylation is 1. The highest BCUT2D eigenvalue weighted by Crippen LogP contribution is 2.36. The molecule has 0 aliphatic rings. The Kier molecular flexibility index (Phi) is 3.36. The van der Waals surface area contributed by atoms with E-state index in [1.54, 1.807) is 29.8 Å². The van der Waals surface area contributed by atoms with E-state index < -0.39 is 0 Å². The Morgan fingerprint density at radius 1 is 1.11 bits per heavy atom. The van der Waals surface area contributed by atoms with Crippen LogP contribution in [0.15, 0.2) is 41.1 Å². The zero-order valence-corrected chi connectivity index (χ0v) is 12.3. The van der Waals surface area contributed by atoms with Crippen molar-refractivity contribution in [2.75, 3.05) is 7.11 Å². The Bertz CT molecular complexity index is 700. The summed E-state index contributed by atoms with van der Waals surface area (Å²) >= 11 is 3.42. The maximum Gasteiger partial charge on any atom is 0.134 e. The quantitative estimate of drug-likeness (QED) is 0.686. The van der Waals surface area contributed by atoms with Crippen molar-refractivity contribution in [2.45, 2.75) is 6.92 Å². The van der Waals surface area contributed by atoms with E-state index in [1.807, 2.05) is 24.3 Å². The molecule has 3 rings (SSSR count). The predicted octanol–water partition coefficient (Wildman–Crippen LogP) is 4.86. The van der Waals surface area contributed by atoms with Crippen molar-refractivity contribution in [1.82, 2.24) is 4.98 Å². The zero-order valence-electron chi connectivity index (χ0n) is 10.7. The lowest BCUT2D eigenvalue weighted by Gasteiger charge is -2.04. The number of methoxy groups -OCH3 is 1. The van der Waals surface area contributed by atoms with E-state index in [1.165, 1.54) is 10.4 Å². The minimum Gasteiger partial charge on any atom is -0.496 e. The summed E-state index contributed by atoms with van der Waals surface area (Å²) in [5.74, 6) is 0.863. The Morgan fingerprint density at radius 3 is 2.68 bits per heavy atom. The summed E-state index contributed by atoms with van der Waals surface area (Å²) in [5, 5.41) is 5.27. The summed E-state index contributed by atoms with van der Waals surface area (Å²) in [7, 11) is 1.69. The number of thiophene rings is 1. The van der Waals surface area contributed by atoms with E-state index in [0.717, 1.165) is 22.0 Å². The molecule has 0 aliphatic heterocycles. The molecule has 2 aromatic heterocycles. The van der Waals surface area contributed by atoms with Gasteiger partial charge in [-0.05, 0) is 36.1 Å². The van der Waals surface area contributed by atoms with Gasteiger partial charge in [-0.1, -0.05) is 12.1 Å². The lowest BCUT2D eigenvalue weighted by atomic mass is 10.1. The van der Waals surface area contributed by atoms with E-state index in [2.05, 4.69) is 23.8 Å². The first-order valence-corrected chi connectivity index (χ1v) is 7.69. The molecule has 0 bridgehead atoms. The summed E-state index contributed by atoms with van der Waals surface area (Å²) in [6.45, 7) is 2.12. The second-order valence-electron chi connectivity index (χ2n) is 4.17. The highest BCUT2D eigenvalue weighted by molar-refractivity contribution is 7.20. The van der Waals surface area contributed by atoms with Gasteiger partial charge < -0.3 is 4.74 Å². The largest absolute Gasteiger partial charge is 0.496 e. The molecule has 1 aromatic carbocycles. The normalized spacial score (nSPS) is 10.6. The number of ether oxygens (including phenoxy) is 1. The van der Waals surface area contributed by atoms with Crippen molar-refractivity contribution in [2.24, 2.45) is 0 Å². The average molecular weight is 287 g/mol. The predicted molar refractivity (Wildman–Crippen MR) is 82.2 cm³/mol. The molecule has 0 atom stereocenters. The van der Waals surface area contributed by atoms with Gasteiger partial charge in [-0.15, -0.1) is 22.7 Å². The van der Waals surface area contributed by atoms with Crippen molar-refractivity contribution in [3.05, 3.63) is 46.7 Å². The average Bonchev–Trinajstić information content (AvgIpc) is 3.07. The lowest BCUT2D eigenvalue weighted by molar-refractivity contribution is 0.416. The molecule has 2 nitrogen and oxygen atoms in total. The Balaban J connectivity index is 2.04. The molecule has 4 heteroatoms. The van der Waals surface area contributed by atoms with Crippen molar-refractivity contribution in [1.29, 1.82) is 0 Å². The van der Waals surface area contributed by atoms with E-state index in [-0.39, 0.29) is 0 Å². The van der Waals surface area contributed by atoms with E-state index >= 15 is 0 Å². The molecule has 0 fully saturated rings. The first kappa shape index (κ1) is 12.4. The Hall–Kier alpha value is -1.65. The summed E-state index contributed by atoms with van der Waals surface area (Å²) in [5.41, 5.74) is 3.30. The monoisotopic (exact) mass is 287 g/mol. The lowest BCUT2D eigenvalue weighted by Crippen LogP contribution is -1.87. The highest BCUT2D eigenvalue weighted by Gasteiger charge is 2.12. The van der Waals surface area contributed by atoms with Crippen LogP contribution in [0.25, 0.3) is 21.1 Å². The van der Waals surface area contributed by atoms with Gasteiger partial charge in [-0.2, -0.15) is 0 Å². The van der Waals surface area contributed by atoms with Gasteiger partial charge in [0.15, 0.2) is 0 Å². The van der Waals surface area contributed by atoms with Gasteiger partial charge in [0.05, 0.1) is 17.7 Å². The molecule has 0 amide bonds. The third kappa shape index (κ3) is 2.29. The molecule has 3 aromatic rings. The zero-order chi connectivity index (χ0) is 13.2. The third-order valence-corrected chi connectivity index (χ3v) is 4.96. The fourth-order valence-corrected chi connectivity index (χ4v) is 3.87. The molecule has 0 radical (unpaired) electrons. The number of rotatable bonds is 3. The standard InChI is InChI=1S/C15H13NOS2/c1-10-7-8-18-14(10)15-16-12(9-19-15)11-5-3-4-6-13(11)17-2/h3-9H,1-2H3. The molecule has 0 unspecified atom stereocenters. The summed E-state index contributed by atoms with van der Waals surface area (Å²) in [6, 6.07) is 10.1. The number of benzene rings is 1. The fraction of sp³-hybridized carbons (Fsp3) is 0.133. The molecule has 96 valence electrons. The Labute approximate surface area is 120 Å². The number of para-hydroxylation sites is 1. The first-order valence-electron chi connectivity index (χ1n) is 5.93. The van der Waals surface area contributed by atoms with Crippen LogP contribution in [0.5, 0.6) is 5.75 Å². The summed E-state index contributed by atoms with van der Waals surface area (Å²) in [6.07, 6.45) is 0. The Morgan fingerprint density at radius 2 is 1.95 bits per heavy atom. The van der Waals surface area contributed by atoms with Gasteiger partial charge in [0.2, 0.25) is 0 Å². The second kappa shape index (κ2) is 5.15. The van der Waals surface area contributed by atoms with Crippen molar-refractivity contribution in [3.8, 4) is 26.9 Å². The minimum atomic E-state index is 0.863. The van der Waals surface area contributed by atoms with Crippen LogP contribution in [0.1, 0.15) is 5.56 Å². The van der Waals surface area contributed by atoms with Gasteiger partial charge in [-0.3, -0.25) is 0 Å². The maximum absolute atomic E-state index is 5.39. The topological polar surface area (TPSA) is 22.1 Å². The maximum atomic E-state index is 5.39. The van der Waals surface area contributed by atoms with Crippen LogP contribution in [0, 0.1) is 6.92 Å². The van der Waals surface area contributed by atoms with Crippen LogP contribution >= 0.6 is 22.7 Å². The molecule has 0 spiro atoms. The number of aromatic nitrogens is 1. The molecule has 19 heavy (non-hydrogen) atoms. The van der Waals surface area contributed by atoms with Crippen LogP contribution in [0.4, 0.5) is 0 Å². The number of hydrogen-bond acceptors (Lipinski definition) is 4. The number of thiazole rings is 1. The van der Waals surface area contributed by atoms with Crippen LogP contribution in [-0.2, 0) is 0 Å². The molecule has 0 saturated carbocycles. The van der Waals surface area contributed by atoms with Crippen LogP contribution in [-0.4, -0.2) is 12.1 Å². The summed E-state index contributed by atoms with van der Waals surface area (Å²) < 4.78 is 5.39. The van der Waals surface area contributed by atoms with E-state index in [0.29, 0.717) is 0 Å². The molecular formula is C15H13NOS2. The van der Waals surface area contributed by atoms with Crippen molar-refractivity contribution in [3.63, 3.8) is 0 Å². The first-order chi connectivity index (χ1) is 9.29. The van der Waals surface area contributed by atoms with Gasteiger partial charge in [0.25, 0.3) is 0 Å². The second-order valence-corrected chi connectivity index (χ2v) is 5.95. The number of hydrogen-bond donors (Lipinski definition) is 0. The SMILES string of the molecule is COc1ccccc1-c1csc(-c2sccc2C)n1. The van der Waals surface area contributed by atoms with Gasteiger partial charge in [0, 0.05) is 10.9 Å². The third-order valence-electron chi connectivity index (χ3n) is 2.94. The summed E-state index contributed by atoms with van der Waals surface area (Å²) in [4.78, 5) is 6.00. The highest BCUT2D eigenvalue weighted by atomic mass is 32.1. The van der Waals surface area contributed by atoms with Crippen molar-refractivity contribution < 1.29 is 4.74 Å². The van der Waals surface area contributed by atoms with Gasteiger partial charge >= 0.3 is 0 Å². The van der Waals surface area contributed by atoms with E-state index in [4.69, 9.17) is 9.72 Å². The van der Waals surface area contributed by atoms with Crippen LogP contribution < -0.4 is 4.74 Å². The smallest absolute Gasteiger partial charge is 0.134 e. The van der Waals surface area contributed by atoms with Gasteiger partial charge in [0.1, 0.15) is 10.8 Å². The van der Waals surface area contributed by atoms with Crippen LogP contribution in [0.3, 0.4) is 0 Å². The molecule has 0 saturated heterocycles. The molecular weight excluding hydrogens is 274 g/mol. The van der Waals surface area contributed by atoms with Gasteiger partial charge in [-0.25, -0.2) is 4.98 Å². The van der Waals surface area contributed by atoms with Crippen molar-refractivity contribution >= 4 is 22.7 Å². The minimum absolute atomic E-state index is 0.863.